The minimum absolute atomic E-state index is 0.158. The third kappa shape index (κ3) is 3.91. The molecule has 1 atom stereocenters. The van der Waals surface area contributed by atoms with Crippen LogP contribution in [0.1, 0.15) is 29.6 Å². The van der Waals surface area contributed by atoms with E-state index in [9.17, 15) is 9.59 Å². The summed E-state index contributed by atoms with van der Waals surface area (Å²) in [6.45, 7) is 2.03. The Morgan fingerprint density at radius 3 is 2.67 bits per heavy atom. The summed E-state index contributed by atoms with van der Waals surface area (Å²) in [5.74, 6) is 0.151. The predicted molar refractivity (Wildman–Crippen MR) is 105 cm³/mol. The van der Waals surface area contributed by atoms with Crippen molar-refractivity contribution in [1.29, 1.82) is 0 Å². The van der Waals surface area contributed by atoms with E-state index in [1.54, 1.807) is 6.07 Å². The van der Waals surface area contributed by atoms with Gasteiger partial charge < -0.3 is 16.2 Å². The summed E-state index contributed by atoms with van der Waals surface area (Å²) in [6.07, 6.45) is 3.76. The van der Waals surface area contributed by atoms with Crippen LogP contribution >= 0.6 is 11.3 Å². The molecular formula is C19H22N4O3S. The van der Waals surface area contributed by atoms with Gasteiger partial charge in [0.05, 0.1) is 5.56 Å². The van der Waals surface area contributed by atoms with Crippen LogP contribution in [-0.4, -0.2) is 42.1 Å². The zero-order valence-corrected chi connectivity index (χ0v) is 15.6. The molecule has 1 unspecified atom stereocenters. The molecule has 0 spiro atoms. The lowest BCUT2D eigenvalue weighted by molar-refractivity contribution is 0.100. The first kappa shape index (κ1) is 17.8. The first-order valence-electron chi connectivity index (χ1n) is 9.01. The van der Waals surface area contributed by atoms with Crippen LogP contribution in [0.3, 0.4) is 0 Å². The van der Waals surface area contributed by atoms with Crippen LogP contribution in [0, 0.1) is 0 Å². The van der Waals surface area contributed by atoms with Crippen molar-refractivity contribution in [3.05, 3.63) is 35.9 Å². The van der Waals surface area contributed by atoms with Crippen LogP contribution in [0.2, 0.25) is 0 Å². The van der Waals surface area contributed by atoms with E-state index in [1.165, 1.54) is 24.2 Å². The second kappa shape index (κ2) is 7.21. The van der Waals surface area contributed by atoms with Gasteiger partial charge in [0.15, 0.2) is 0 Å². The molecule has 27 heavy (non-hydrogen) atoms. The van der Waals surface area contributed by atoms with Crippen LogP contribution in [-0.2, 0) is 0 Å². The van der Waals surface area contributed by atoms with Crippen LogP contribution in [0.4, 0.5) is 9.80 Å². The molecule has 4 rings (SSSR count). The fourth-order valence-electron chi connectivity index (χ4n) is 3.49. The van der Waals surface area contributed by atoms with E-state index in [2.05, 4.69) is 10.2 Å². The van der Waals surface area contributed by atoms with Gasteiger partial charge in [-0.3, -0.25) is 15.0 Å². The molecule has 2 fully saturated rings. The topological polar surface area (TPSA) is 111 Å². The van der Waals surface area contributed by atoms with Gasteiger partial charge in [-0.2, -0.15) is 0 Å². The van der Waals surface area contributed by atoms with E-state index in [0.717, 1.165) is 41.7 Å². The third-order valence-corrected chi connectivity index (χ3v) is 6.00. The van der Waals surface area contributed by atoms with Crippen molar-refractivity contribution in [2.45, 2.75) is 31.4 Å². The van der Waals surface area contributed by atoms with Gasteiger partial charge in [-0.05, 0) is 37.5 Å². The van der Waals surface area contributed by atoms with E-state index in [1.807, 2.05) is 24.3 Å². The van der Waals surface area contributed by atoms with E-state index in [-0.39, 0.29) is 11.7 Å². The van der Waals surface area contributed by atoms with E-state index in [4.69, 9.17) is 16.2 Å². The lowest BCUT2D eigenvalue weighted by Gasteiger charge is -2.17. The molecule has 1 saturated heterocycles. The van der Waals surface area contributed by atoms with Crippen molar-refractivity contribution < 1.29 is 14.3 Å². The van der Waals surface area contributed by atoms with Crippen molar-refractivity contribution in [3.8, 4) is 16.2 Å². The number of hydrogen-bond acceptors (Lipinski definition) is 5. The van der Waals surface area contributed by atoms with Crippen LogP contribution in [0.5, 0.6) is 5.75 Å². The number of likely N-dealkylation sites (tertiary alicyclic amines) is 1. The Bertz CT molecular complexity index is 878. The Morgan fingerprint density at radius 1 is 1.19 bits per heavy atom. The minimum Gasteiger partial charge on any atom is -0.488 e. The van der Waals surface area contributed by atoms with Crippen molar-refractivity contribution in [2.24, 2.45) is 11.5 Å². The summed E-state index contributed by atoms with van der Waals surface area (Å²) in [5.41, 5.74) is 11.7. The summed E-state index contributed by atoms with van der Waals surface area (Å²) in [5, 5.41) is 2.82. The number of carbonyl (C=O) groups excluding carboxylic acids is 2. The number of hydrogen-bond donors (Lipinski definition) is 3. The minimum atomic E-state index is -0.735. The molecule has 1 aromatic carbocycles. The fraction of sp³-hybridized carbons (Fsp3) is 0.368. The number of ether oxygens (including phenoxy) is 1. The highest BCUT2D eigenvalue weighted by Gasteiger charge is 2.35. The first-order chi connectivity index (χ1) is 13.0. The number of rotatable bonds is 6. The maximum absolute atomic E-state index is 11.7. The van der Waals surface area contributed by atoms with Gasteiger partial charge >= 0.3 is 6.03 Å². The second-order valence-corrected chi connectivity index (χ2v) is 8.01. The number of thiophene rings is 1. The molecule has 7 nitrogen and oxygen atoms in total. The number of nitrogens with zero attached hydrogens (tertiary/aromatic N) is 1. The smallest absolute Gasteiger partial charge is 0.317 e. The standard InChI is InChI=1S/C19H22N4O3S/c20-17(24)14-9-16(27-18(14)22-19(21)25)13-3-1-2-4-15(13)26-12-7-8-23(10-12)11-5-6-11/h1-4,9,11-12H,5-8,10H2,(H2,20,24)(H3,21,22,25). The number of nitrogens with one attached hydrogen (secondary N) is 1. The van der Waals surface area contributed by atoms with Gasteiger partial charge in [0.25, 0.3) is 5.91 Å². The Morgan fingerprint density at radius 2 is 1.96 bits per heavy atom. The average molecular weight is 386 g/mol. The third-order valence-electron chi connectivity index (χ3n) is 4.92. The monoisotopic (exact) mass is 386 g/mol. The molecule has 1 saturated carbocycles. The predicted octanol–water partition coefficient (Wildman–Crippen LogP) is 2.62. The Labute approximate surface area is 161 Å². The number of carbonyl (C=O) groups is 2. The molecule has 2 aliphatic rings. The van der Waals surface area contributed by atoms with Gasteiger partial charge in [0.2, 0.25) is 0 Å². The maximum Gasteiger partial charge on any atom is 0.317 e. The van der Waals surface area contributed by atoms with E-state index in [0.29, 0.717) is 5.00 Å². The Kier molecular flexibility index (Phi) is 4.75. The summed E-state index contributed by atoms with van der Waals surface area (Å²) in [7, 11) is 0. The maximum atomic E-state index is 11.7. The molecule has 8 heteroatoms. The fourth-order valence-corrected chi connectivity index (χ4v) is 4.58. The highest BCUT2D eigenvalue weighted by Crippen LogP contribution is 2.40. The number of nitrogens with two attached hydrogens (primary N) is 2. The average Bonchev–Trinajstić information content (AvgIpc) is 3.23. The highest BCUT2D eigenvalue weighted by molar-refractivity contribution is 7.20. The van der Waals surface area contributed by atoms with Gasteiger partial charge in [0, 0.05) is 29.6 Å². The second-order valence-electron chi connectivity index (χ2n) is 6.96. The summed E-state index contributed by atoms with van der Waals surface area (Å²) < 4.78 is 6.30. The van der Waals surface area contributed by atoms with Crippen molar-refractivity contribution in [1.82, 2.24) is 4.90 Å². The molecular weight excluding hydrogens is 364 g/mol. The van der Waals surface area contributed by atoms with Crippen LogP contribution in [0.25, 0.3) is 10.4 Å². The van der Waals surface area contributed by atoms with Gasteiger partial charge in [-0.15, -0.1) is 11.3 Å². The largest absolute Gasteiger partial charge is 0.488 e. The number of para-hydroxylation sites is 1. The molecule has 1 aliphatic carbocycles. The van der Waals surface area contributed by atoms with E-state index >= 15 is 0 Å². The molecule has 0 bridgehead atoms. The number of amides is 3. The lowest BCUT2D eigenvalue weighted by atomic mass is 10.1. The van der Waals surface area contributed by atoms with E-state index < -0.39 is 11.9 Å². The summed E-state index contributed by atoms with van der Waals surface area (Å²) >= 11 is 1.25. The molecule has 142 valence electrons. The SMILES string of the molecule is NC(=O)Nc1sc(-c2ccccc2OC2CCN(C3CC3)C2)cc1C(N)=O. The van der Waals surface area contributed by atoms with Gasteiger partial charge in [-0.25, -0.2) is 4.79 Å². The molecule has 1 aromatic heterocycles. The lowest BCUT2D eigenvalue weighted by Crippen LogP contribution is -2.26. The van der Waals surface area contributed by atoms with Crippen LogP contribution in [0.15, 0.2) is 30.3 Å². The molecule has 1 aliphatic heterocycles. The number of anilines is 1. The normalized spacial score (nSPS) is 19.8. The van der Waals surface area contributed by atoms with Gasteiger partial charge in [0.1, 0.15) is 16.9 Å². The zero-order valence-electron chi connectivity index (χ0n) is 14.8. The van der Waals surface area contributed by atoms with Crippen molar-refractivity contribution in [2.75, 3.05) is 18.4 Å². The van der Waals surface area contributed by atoms with Crippen molar-refractivity contribution in [3.63, 3.8) is 0 Å². The number of urea groups is 1. The number of benzene rings is 1. The van der Waals surface area contributed by atoms with Crippen LogP contribution < -0.4 is 21.5 Å². The first-order valence-corrected chi connectivity index (χ1v) is 9.83. The molecule has 2 heterocycles. The quantitative estimate of drug-likeness (QED) is 0.708. The molecule has 2 aromatic rings. The van der Waals surface area contributed by atoms with Crippen molar-refractivity contribution >= 4 is 28.3 Å². The Balaban J connectivity index is 1.59. The molecule has 0 radical (unpaired) electrons. The summed E-state index contributed by atoms with van der Waals surface area (Å²) in [4.78, 5) is 26.2. The zero-order chi connectivity index (χ0) is 19.0. The molecule has 3 amide bonds. The summed E-state index contributed by atoms with van der Waals surface area (Å²) in [6, 6.07) is 9.39. The molecule has 5 N–H and O–H groups in total. The Hall–Kier alpha value is -2.58. The highest BCUT2D eigenvalue weighted by atomic mass is 32.1. The number of primary amides is 2. The van der Waals surface area contributed by atoms with Gasteiger partial charge in [-0.1, -0.05) is 12.1 Å².